The zero-order valence-electron chi connectivity index (χ0n) is 17.3. The molecule has 168 valence electrons. The Morgan fingerprint density at radius 1 is 1.12 bits per heavy atom. The van der Waals surface area contributed by atoms with Crippen LogP contribution in [0, 0.1) is 11.6 Å². The van der Waals surface area contributed by atoms with Gasteiger partial charge in [0.2, 0.25) is 0 Å². The van der Waals surface area contributed by atoms with Crippen molar-refractivity contribution < 1.29 is 23.0 Å². The van der Waals surface area contributed by atoms with Crippen molar-refractivity contribution in [1.82, 2.24) is 5.32 Å². The topological polar surface area (TPSA) is 59.9 Å². The first-order valence-electron chi connectivity index (χ1n) is 9.72. The Morgan fingerprint density at radius 2 is 1.88 bits per heavy atom. The van der Waals surface area contributed by atoms with Crippen LogP contribution in [0.4, 0.5) is 14.5 Å². The Labute approximate surface area is 201 Å². The number of benzene rings is 3. The van der Waals surface area contributed by atoms with Gasteiger partial charge in [-0.2, -0.15) is 0 Å². The molecule has 3 aromatic rings. The molecule has 0 unspecified atom stereocenters. The van der Waals surface area contributed by atoms with Crippen LogP contribution in [0.2, 0.25) is 0 Å². The second kappa shape index (κ2) is 10.2. The maximum Gasteiger partial charge on any atom is 0.264 e. The minimum absolute atomic E-state index is 0.0313. The standard InChI is InChI=1S/C24H17BrF2N2O3S/c1-31-20-11-14(10-18(25)22(20)32-13-15-4-2-3-5-19(15)27)12-21-23(30)29-24(33-21)28-17-8-6-16(26)7-9-17/h2-12H,13H2,1H3,(H,28,29,30)/b21-12+. The number of rotatable bonds is 6. The Bertz CT molecular complexity index is 1260. The first kappa shape index (κ1) is 23.0. The lowest BCUT2D eigenvalue weighted by molar-refractivity contribution is -0.115. The van der Waals surface area contributed by atoms with Gasteiger partial charge in [-0.1, -0.05) is 18.2 Å². The minimum atomic E-state index is -0.358. The van der Waals surface area contributed by atoms with Gasteiger partial charge in [-0.25, -0.2) is 13.8 Å². The lowest BCUT2D eigenvalue weighted by Gasteiger charge is -2.14. The van der Waals surface area contributed by atoms with Crippen molar-refractivity contribution in [2.75, 3.05) is 7.11 Å². The van der Waals surface area contributed by atoms with Gasteiger partial charge < -0.3 is 14.8 Å². The van der Waals surface area contributed by atoms with Gasteiger partial charge in [0.05, 0.1) is 22.2 Å². The van der Waals surface area contributed by atoms with Gasteiger partial charge in [0.25, 0.3) is 5.91 Å². The fourth-order valence-electron chi connectivity index (χ4n) is 2.99. The molecule has 1 N–H and O–H groups in total. The second-order valence-electron chi connectivity index (χ2n) is 6.87. The first-order chi connectivity index (χ1) is 15.9. The lowest BCUT2D eigenvalue weighted by Crippen LogP contribution is -2.19. The van der Waals surface area contributed by atoms with Crippen LogP contribution in [0.5, 0.6) is 11.5 Å². The largest absolute Gasteiger partial charge is 0.493 e. The van der Waals surface area contributed by atoms with E-state index in [9.17, 15) is 13.6 Å². The number of methoxy groups -OCH3 is 1. The summed E-state index contributed by atoms with van der Waals surface area (Å²) in [5.74, 6) is -0.156. The zero-order valence-corrected chi connectivity index (χ0v) is 19.7. The molecular weight excluding hydrogens is 514 g/mol. The predicted octanol–water partition coefficient (Wildman–Crippen LogP) is 6.21. The molecule has 3 aromatic carbocycles. The molecule has 1 amide bonds. The second-order valence-corrected chi connectivity index (χ2v) is 8.76. The summed E-state index contributed by atoms with van der Waals surface area (Å²) in [6.07, 6.45) is 1.70. The number of hydrogen-bond acceptors (Lipinski definition) is 5. The van der Waals surface area contributed by atoms with E-state index in [4.69, 9.17) is 9.47 Å². The Balaban J connectivity index is 1.54. The molecule has 0 aromatic heterocycles. The van der Waals surface area contributed by atoms with E-state index in [-0.39, 0.29) is 24.1 Å². The number of halogens is 3. The minimum Gasteiger partial charge on any atom is -0.493 e. The van der Waals surface area contributed by atoms with E-state index in [0.717, 1.165) is 0 Å². The van der Waals surface area contributed by atoms with Crippen LogP contribution in [0.15, 0.2) is 75.0 Å². The van der Waals surface area contributed by atoms with Crippen LogP contribution in [0.1, 0.15) is 11.1 Å². The van der Waals surface area contributed by atoms with Crippen LogP contribution in [0.25, 0.3) is 6.08 Å². The highest BCUT2D eigenvalue weighted by molar-refractivity contribution is 9.10. The summed E-state index contributed by atoms with van der Waals surface area (Å²) >= 11 is 4.64. The predicted molar refractivity (Wildman–Crippen MR) is 129 cm³/mol. The average molecular weight is 531 g/mol. The smallest absolute Gasteiger partial charge is 0.264 e. The van der Waals surface area contributed by atoms with Gasteiger partial charge in [-0.15, -0.1) is 0 Å². The Morgan fingerprint density at radius 3 is 2.61 bits per heavy atom. The number of carbonyl (C=O) groups is 1. The summed E-state index contributed by atoms with van der Waals surface area (Å²) in [7, 11) is 1.50. The van der Waals surface area contributed by atoms with E-state index in [1.165, 1.54) is 49.2 Å². The highest BCUT2D eigenvalue weighted by atomic mass is 79.9. The molecule has 0 saturated carbocycles. The van der Waals surface area contributed by atoms with Gasteiger partial charge in [0.15, 0.2) is 16.7 Å². The van der Waals surface area contributed by atoms with E-state index >= 15 is 0 Å². The molecular formula is C24H17BrF2N2O3S. The van der Waals surface area contributed by atoms with Gasteiger partial charge in [0.1, 0.15) is 18.2 Å². The summed E-state index contributed by atoms with van der Waals surface area (Å²) in [6.45, 7) is 0.0313. The third kappa shape index (κ3) is 5.61. The van der Waals surface area contributed by atoms with E-state index in [0.29, 0.717) is 42.9 Å². The van der Waals surface area contributed by atoms with Crippen molar-refractivity contribution in [2.24, 2.45) is 4.99 Å². The molecule has 9 heteroatoms. The molecule has 1 fully saturated rings. The van der Waals surface area contributed by atoms with E-state index < -0.39 is 0 Å². The van der Waals surface area contributed by atoms with Gasteiger partial charge in [-0.05, 0) is 81.8 Å². The third-order valence-electron chi connectivity index (χ3n) is 4.59. The lowest BCUT2D eigenvalue weighted by atomic mass is 10.1. The highest BCUT2D eigenvalue weighted by Crippen LogP contribution is 2.39. The highest BCUT2D eigenvalue weighted by Gasteiger charge is 2.24. The van der Waals surface area contributed by atoms with Crippen molar-refractivity contribution in [1.29, 1.82) is 0 Å². The van der Waals surface area contributed by atoms with Gasteiger partial charge in [-0.3, -0.25) is 4.79 Å². The average Bonchev–Trinajstić information content (AvgIpc) is 3.13. The van der Waals surface area contributed by atoms with E-state index in [1.807, 2.05) is 0 Å². The SMILES string of the molecule is COc1cc(/C=C2/SC(=Nc3ccc(F)cc3)NC2=O)cc(Br)c1OCc1ccccc1F. The maximum absolute atomic E-state index is 13.9. The molecule has 0 atom stereocenters. The van der Waals surface area contributed by atoms with Crippen LogP contribution < -0.4 is 14.8 Å². The third-order valence-corrected chi connectivity index (χ3v) is 6.09. The fraction of sp³-hybridized carbons (Fsp3) is 0.0833. The molecule has 0 bridgehead atoms. The Kier molecular flexibility index (Phi) is 7.10. The first-order valence-corrected chi connectivity index (χ1v) is 11.3. The van der Waals surface area contributed by atoms with Crippen LogP contribution in [-0.4, -0.2) is 18.2 Å². The van der Waals surface area contributed by atoms with Crippen molar-refractivity contribution in [3.63, 3.8) is 0 Å². The summed E-state index contributed by atoms with van der Waals surface area (Å²) in [4.78, 5) is 17.1. The number of amides is 1. The van der Waals surface area contributed by atoms with Gasteiger partial charge >= 0.3 is 0 Å². The van der Waals surface area contributed by atoms with E-state index in [2.05, 4.69) is 26.2 Å². The molecule has 33 heavy (non-hydrogen) atoms. The summed E-state index contributed by atoms with van der Waals surface area (Å²) in [6, 6.07) is 15.5. The molecule has 0 radical (unpaired) electrons. The maximum atomic E-state index is 13.9. The molecule has 0 aliphatic carbocycles. The molecule has 1 aliphatic heterocycles. The number of nitrogens with one attached hydrogen (secondary N) is 1. The molecule has 1 aliphatic rings. The van der Waals surface area contributed by atoms with Crippen LogP contribution in [0.3, 0.4) is 0 Å². The number of ether oxygens (including phenoxy) is 2. The number of hydrogen-bond donors (Lipinski definition) is 1. The molecule has 4 rings (SSSR count). The summed E-state index contributed by atoms with van der Waals surface area (Å²) in [5, 5.41) is 3.09. The number of thioether (sulfide) groups is 1. The fourth-order valence-corrected chi connectivity index (χ4v) is 4.41. The van der Waals surface area contributed by atoms with Crippen molar-refractivity contribution in [3.8, 4) is 11.5 Å². The van der Waals surface area contributed by atoms with Crippen LogP contribution >= 0.6 is 27.7 Å². The number of nitrogens with zero attached hydrogens (tertiary/aromatic N) is 1. The molecule has 5 nitrogen and oxygen atoms in total. The molecule has 1 heterocycles. The summed E-state index contributed by atoms with van der Waals surface area (Å²) in [5.41, 5.74) is 1.64. The zero-order chi connectivity index (χ0) is 23.4. The van der Waals surface area contributed by atoms with Crippen molar-refractivity contribution in [3.05, 3.63) is 92.8 Å². The normalized spacial score (nSPS) is 15.7. The molecule has 1 saturated heterocycles. The quantitative estimate of drug-likeness (QED) is 0.385. The number of amidine groups is 1. The van der Waals surface area contributed by atoms with Gasteiger partial charge in [0, 0.05) is 5.56 Å². The van der Waals surface area contributed by atoms with Crippen molar-refractivity contribution >= 4 is 50.5 Å². The van der Waals surface area contributed by atoms with E-state index in [1.54, 1.807) is 36.4 Å². The monoisotopic (exact) mass is 530 g/mol. The molecule has 0 spiro atoms. The number of carbonyl (C=O) groups excluding carboxylic acids is 1. The number of aliphatic imine (C=N–C) groups is 1. The van der Waals surface area contributed by atoms with Crippen LogP contribution in [-0.2, 0) is 11.4 Å². The Hall–Kier alpha value is -3.17. The van der Waals surface area contributed by atoms with Crippen molar-refractivity contribution in [2.45, 2.75) is 6.61 Å². The summed E-state index contributed by atoms with van der Waals surface area (Å²) < 4.78 is 38.8.